The lowest BCUT2D eigenvalue weighted by molar-refractivity contribution is -0.166. The SMILES string of the molecule is COc1cccc2c1OC1(CCN(C(C)=O)CC1)N1NC(c3ccco3)=C[C@H]21. The number of rotatable bonds is 2. The van der Waals surface area contributed by atoms with E-state index in [-0.39, 0.29) is 11.9 Å². The number of hydrazine groups is 1. The molecule has 1 N–H and O–H groups in total. The van der Waals surface area contributed by atoms with E-state index in [4.69, 9.17) is 13.9 Å². The Labute approximate surface area is 163 Å². The van der Waals surface area contributed by atoms with Crippen molar-refractivity contribution in [1.82, 2.24) is 15.3 Å². The van der Waals surface area contributed by atoms with E-state index >= 15 is 0 Å². The molecule has 0 saturated carbocycles. The lowest BCUT2D eigenvalue weighted by Gasteiger charge is -2.51. The first-order valence-electron chi connectivity index (χ1n) is 9.54. The molecule has 1 aromatic carbocycles. The Morgan fingerprint density at radius 1 is 1.25 bits per heavy atom. The fourth-order valence-electron chi connectivity index (χ4n) is 4.41. The number of furan rings is 1. The molecule has 1 saturated heterocycles. The molecule has 28 heavy (non-hydrogen) atoms. The quantitative estimate of drug-likeness (QED) is 0.863. The second-order valence-corrected chi connectivity index (χ2v) is 7.42. The predicted octanol–water partition coefficient (Wildman–Crippen LogP) is 2.92. The van der Waals surface area contributed by atoms with Gasteiger partial charge in [-0.3, -0.25) is 4.79 Å². The summed E-state index contributed by atoms with van der Waals surface area (Å²) in [6.45, 7) is 2.92. The molecular weight excluding hydrogens is 358 g/mol. The minimum atomic E-state index is -0.566. The molecule has 2 aromatic rings. The van der Waals surface area contributed by atoms with Gasteiger partial charge in [-0.05, 0) is 24.3 Å². The summed E-state index contributed by atoms with van der Waals surface area (Å²) in [5.74, 6) is 2.39. The van der Waals surface area contributed by atoms with Crippen molar-refractivity contribution in [3.63, 3.8) is 0 Å². The molecule has 0 radical (unpaired) electrons. The van der Waals surface area contributed by atoms with Crippen molar-refractivity contribution in [1.29, 1.82) is 0 Å². The maximum atomic E-state index is 11.8. The van der Waals surface area contributed by atoms with Crippen LogP contribution in [-0.4, -0.2) is 41.7 Å². The van der Waals surface area contributed by atoms with Crippen LogP contribution < -0.4 is 14.9 Å². The van der Waals surface area contributed by atoms with E-state index in [1.165, 1.54) is 0 Å². The Kier molecular flexibility index (Phi) is 3.87. The van der Waals surface area contributed by atoms with Crippen LogP contribution in [0.4, 0.5) is 0 Å². The lowest BCUT2D eigenvalue weighted by Crippen LogP contribution is -2.64. The van der Waals surface area contributed by atoms with Crippen molar-refractivity contribution in [2.75, 3.05) is 20.2 Å². The van der Waals surface area contributed by atoms with Crippen LogP contribution in [0.25, 0.3) is 5.70 Å². The lowest BCUT2D eigenvalue weighted by atomic mass is 9.92. The van der Waals surface area contributed by atoms with Gasteiger partial charge < -0.3 is 24.2 Å². The topological polar surface area (TPSA) is 67.2 Å². The van der Waals surface area contributed by atoms with Gasteiger partial charge in [0.1, 0.15) is 0 Å². The highest BCUT2D eigenvalue weighted by molar-refractivity contribution is 5.73. The van der Waals surface area contributed by atoms with E-state index in [2.05, 4.69) is 22.6 Å². The highest BCUT2D eigenvalue weighted by Gasteiger charge is 2.52. The zero-order chi connectivity index (χ0) is 19.3. The molecule has 0 unspecified atom stereocenters. The molecule has 146 valence electrons. The summed E-state index contributed by atoms with van der Waals surface area (Å²) in [5, 5.41) is 2.17. The van der Waals surface area contributed by atoms with Crippen LogP contribution in [0.1, 0.15) is 37.1 Å². The monoisotopic (exact) mass is 381 g/mol. The van der Waals surface area contributed by atoms with Crippen LogP contribution in [0.15, 0.2) is 47.1 Å². The molecule has 3 aliphatic rings. The number of piperidine rings is 1. The third-order valence-corrected chi connectivity index (χ3v) is 5.90. The number of benzene rings is 1. The molecule has 7 heteroatoms. The fourth-order valence-corrected chi connectivity index (χ4v) is 4.41. The minimum absolute atomic E-state index is 0.0113. The molecule has 7 nitrogen and oxygen atoms in total. The van der Waals surface area contributed by atoms with Gasteiger partial charge in [0.2, 0.25) is 5.91 Å². The second-order valence-electron chi connectivity index (χ2n) is 7.42. The van der Waals surface area contributed by atoms with E-state index in [1.807, 2.05) is 29.2 Å². The van der Waals surface area contributed by atoms with E-state index < -0.39 is 5.72 Å². The maximum absolute atomic E-state index is 11.8. The third-order valence-electron chi connectivity index (χ3n) is 5.90. The zero-order valence-electron chi connectivity index (χ0n) is 16.0. The predicted molar refractivity (Wildman–Crippen MR) is 102 cm³/mol. The Morgan fingerprint density at radius 3 is 2.75 bits per heavy atom. The smallest absolute Gasteiger partial charge is 0.219 e. The Hall–Kier alpha value is -2.93. The number of methoxy groups -OCH3 is 1. The average molecular weight is 381 g/mol. The van der Waals surface area contributed by atoms with Crippen LogP contribution in [0, 0.1) is 0 Å². The molecular formula is C21H23N3O4. The molecule has 1 aromatic heterocycles. The standard InChI is InChI=1S/C21H23N3O4/c1-14(25)23-10-8-21(9-11-23)24-17(13-16(22-24)18-7-4-12-27-18)15-5-3-6-19(26-2)20(15)28-21/h3-7,12-13,17,22H,8-11H2,1-2H3/t17-/m1/s1. The second kappa shape index (κ2) is 6.31. The molecule has 4 heterocycles. The Morgan fingerprint density at radius 2 is 2.07 bits per heavy atom. The number of hydrogen-bond acceptors (Lipinski definition) is 6. The summed E-state index contributed by atoms with van der Waals surface area (Å²) in [6.07, 6.45) is 5.24. The summed E-state index contributed by atoms with van der Waals surface area (Å²) in [4.78, 5) is 13.7. The van der Waals surface area contributed by atoms with Gasteiger partial charge in [-0.2, -0.15) is 5.01 Å². The van der Waals surface area contributed by atoms with Crippen molar-refractivity contribution in [2.45, 2.75) is 31.5 Å². The number of ether oxygens (including phenoxy) is 2. The number of nitrogens with zero attached hydrogens (tertiary/aromatic N) is 2. The first-order chi connectivity index (χ1) is 13.6. The van der Waals surface area contributed by atoms with Gasteiger partial charge in [-0.1, -0.05) is 12.1 Å². The molecule has 1 amide bonds. The Bertz CT molecular complexity index is 929. The van der Waals surface area contributed by atoms with E-state index in [9.17, 15) is 4.79 Å². The summed E-state index contributed by atoms with van der Waals surface area (Å²) in [6, 6.07) is 9.78. The largest absolute Gasteiger partial charge is 0.493 e. The van der Waals surface area contributed by atoms with Crippen molar-refractivity contribution in [3.05, 3.63) is 54.0 Å². The van der Waals surface area contributed by atoms with Crippen LogP contribution in [0.5, 0.6) is 11.5 Å². The summed E-state index contributed by atoms with van der Waals surface area (Å²) in [7, 11) is 1.66. The number of fused-ring (bicyclic) bond motifs is 4. The maximum Gasteiger partial charge on any atom is 0.219 e. The molecule has 1 spiro atoms. The van der Waals surface area contributed by atoms with Gasteiger partial charge in [-0.25, -0.2) is 0 Å². The highest BCUT2D eigenvalue weighted by atomic mass is 16.5. The number of carbonyl (C=O) groups is 1. The van der Waals surface area contributed by atoms with Gasteiger partial charge >= 0.3 is 0 Å². The van der Waals surface area contributed by atoms with Crippen LogP contribution in [0.3, 0.4) is 0 Å². The van der Waals surface area contributed by atoms with E-state index in [0.717, 1.165) is 28.5 Å². The number of likely N-dealkylation sites (tertiary alicyclic amines) is 1. The number of carbonyl (C=O) groups excluding carboxylic acids is 1. The Balaban J connectivity index is 1.57. The molecule has 1 fully saturated rings. The minimum Gasteiger partial charge on any atom is -0.493 e. The first-order valence-corrected chi connectivity index (χ1v) is 9.54. The van der Waals surface area contributed by atoms with Crippen molar-refractivity contribution in [3.8, 4) is 11.5 Å². The summed E-state index contributed by atoms with van der Waals surface area (Å²) in [5.41, 5.74) is 4.91. The van der Waals surface area contributed by atoms with Crippen molar-refractivity contribution in [2.24, 2.45) is 0 Å². The zero-order valence-corrected chi connectivity index (χ0v) is 16.0. The number of para-hydroxylation sites is 1. The van der Waals surface area contributed by atoms with Gasteiger partial charge in [0.15, 0.2) is 23.0 Å². The number of amides is 1. The van der Waals surface area contributed by atoms with E-state index in [1.54, 1.807) is 20.3 Å². The normalized spacial score (nSPS) is 22.7. The number of nitrogens with one attached hydrogen (secondary N) is 1. The van der Waals surface area contributed by atoms with Gasteiger partial charge in [0.05, 0.1) is 25.1 Å². The fraction of sp³-hybridized carbons (Fsp3) is 0.381. The van der Waals surface area contributed by atoms with Crippen LogP contribution in [-0.2, 0) is 4.79 Å². The van der Waals surface area contributed by atoms with Crippen molar-refractivity contribution < 1.29 is 18.7 Å². The summed E-state index contributed by atoms with van der Waals surface area (Å²) >= 11 is 0. The number of hydrogen-bond donors (Lipinski definition) is 1. The average Bonchev–Trinajstić information content (AvgIpc) is 3.38. The van der Waals surface area contributed by atoms with Crippen LogP contribution in [0.2, 0.25) is 0 Å². The molecule has 1 atom stereocenters. The molecule has 5 rings (SSSR count). The molecule has 3 aliphatic heterocycles. The highest BCUT2D eigenvalue weighted by Crippen LogP contribution is 2.51. The van der Waals surface area contributed by atoms with Gasteiger partial charge in [0, 0.05) is 38.4 Å². The van der Waals surface area contributed by atoms with Crippen LogP contribution >= 0.6 is 0 Å². The first kappa shape index (κ1) is 17.2. The summed E-state index contributed by atoms with van der Waals surface area (Å²) < 4.78 is 17.8. The van der Waals surface area contributed by atoms with Crippen molar-refractivity contribution >= 4 is 11.6 Å². The molecule has 0 bridgehead atoms. The van der Waals surface area contributed by atoms with Gasteiger partial charge in [0.25, 0.3) is 0 Å². The van der Waals surface area contributed by atoms with E-state index in [0.29, 0.717) is 25.9 Å². The third kappa shape index (κ3) is 2.50. The van der Waals surface area contributed by atoms with Gasteiger partial charge in [-0.15, -0.1) is 0 Å². The molecule has 0 aliphatic carbocycles.